The highest BCUT2D eigenvalue weighted by atomic mass is 35.5. The largest absolute Gasteiger partial charge is 0.416 e. The second-order valence-corrected chi connectivity index (χ2v) is 7.95. The molecule has 1 aromatic heterocycles. The molecule has 3 nitrogen and oxygen atoms in total. The molecule has 0 fully saturated rings. The molecule has 0 aliphatic carbocycles. The number of anilines is 1. The smallest absolute Gasteiger partial charge is 0.279 e. The molecule has 0 bridgehead atoms. The van der Waals surface area contributed by atoms with E-state index in [0.29, 0.717) is 15.7 Å². The quantitative estimate of drug-likeness (QED) is 0.345. The summed E-state index contributed by atoms with van der Waals surface area (Å²) in [5, 5.41) is 0.892. The van der Waals surface area contributed by atoms with Crippen molar-refractivity contribution >= 4 is 44.2 Å². The Hall–Kier alpha value is -2.90. The minimum Gasteiger partial charge on any atom is -0.279 e. The number of amides is 1. The van der Waals surface area contributed by atoms with Crippen LogP contribution in [0.5, 0.6) is 0 Å². The van der Waals surface area contributed by atoms with Gasteiger partial charge in [-0.3, -0.25) is 9.69 Å². The average Bonchev–Trinajstić information content (AvgIpc) is 3.17. The van der Waals surface area contributed by atoms with Gasteiger partial charge in [0.2, 0.25) is 0 Å². The van der Waals surface area contributed by atoms with Crippen molar-refractivity contribution in [3.8, 4) is 0 Å². The van der Waals surface area contributed by atoms with Crippen molar-refractivity contribution in [3.05, 3.63) is 94.5 Å². The van der Waals surface area contributed by atoms with Gasteiger partial charge < -0.3 is 0 Å². The molecular formula is C22H14ClF3N2OS. The summed E-state index contributed by atoms with van der Waals surface area (Å²) in [6.07, 6.45) is -4.46. The first-order valence-electron chi connectivity index (χ1n) is 8.91. The molecule has 0 atom stereocenters. The van der Waals surface area contributed by atoms with Crippen molar-refractivity contribution in [1.82, 2.24) is 4.98 Å². The van der Waals surface area contributed by atoms with Gasteiger partial charge in [-0.1, -0.05) is 59.3 Å². The maximum atomic E-state index is 13.3. The third kappa shape index (κ3) is 4.17. The van der Waals surface area contributed by atoms with E-state index < -0.39 is 17.6 Å². The third-order valence-corrected chi connectivity index (χ3v) is 5.83. The number of carbonyl (C=O) groups excluding carboxylic acids is 1. The minimum atomic E-state index is -4.46. The molecular weight excluding hydrogens is 433 g/mol. The molecule has 30 heavy (non-hydrogen) atoms. The zero-order valence-electron chi connectivity index (χ0n) is 15.4. The molecule has 8 heteroatoms. The van der Waals surface area contributed by atoms with Crippen LogP contribution in [-0.4, -0.2) is 10.9 Å². The monoisotopic (exact) mass is 446 g/mol. The summed E-state index contributed by atoms with van der Waals surface area (Å²) in [6, 6.07) is 18.9. The fourth-order valence-electron chi connectivity index (χ4n) is 2.97. The molecule has 0 spiro atoms. The van der Waals surface area contributed by atoms with Crippen molar-refractivity contribution in [3.63, 3.8) is 0 Å². The zero-order valence-corrected chi connectivity index (χ0v) is 16.9. The van der Waals surface area contributed by atoms with Crippen LogP contribution in [0.4, 0.5) is 18.3 Å². The number of hydrogen-bond acceptors (Lipinski definition) is 3. The van der Waals surface area contributed by atoms with Crippen LogP contribution in [0.15, 0.2) is 72.8 Å². The lowest BCUT2D eigenvalue weighted by atomic mass is 10.1. The Kier molecular flexibility index (Phi) is 5.49. The van der Waals surface area contributed by atoms with E-state index in [1.807, 2.05) is 36.4 Å². The van der Waals surface area contributed by atoms with Crippen molar-refractivity contribution in [2.45, 2.75) is 12.7 Å². The number of fused-ring (bicyclic) bond motifs is 1. The number of nitrogens with zero attached hydrogens (tertiary/aromatic N) is 2. The van der Waals surface area contributed by atoms with Crippen LogP contribution in [0.1, 0.15) is 21.5 Å². The molecule has 0 unspecified atom stereocenters. The van der Waals surface area contributed by atoms with Crippen LogP contribution in [-0.2, 0) is 12.7 Å². The standard InChI is InChI=1S/C22H14ClF3N2OS/c23-17-7-4-8-18-19(17)27-21(30-18)28(13-14-5-2-1-3-6-14)20(29)15-9-11-16(12-10-15)22(24,25)26/h1-12H,13H2. The summed E-state index contributed by atoms with van der Waals surface area (Å²) in [7, 11) is 0. The second-order valence-electron chi connectivity index (χ2n) is 6.54. The van der Waals surface area contributed by atoms with Gasteiger partial charge in [-0.25, -0.2) is 4.98 Å². The van der Waals surface area contributed by atoms with Crippen molar-refractivity contribution in [2.75, 3.05) is 4.90 Å². The van der Waals surface area contributed by atoms with E-state index in [-0.39, 0.29) is 12.1 Å². The summed E-state index contributed by atoms with van der Waals surface area (Å²) in [5.74, 6) is -0.442. The van der Waals surface area contributed by atoms with E-state index >= 15 is 0 Å². The molecule has 4 aromatic rings. The second kappa shape index (κ2) is 8.08. The molecule has 0 aliphatic heterocycles. The fourth-order valence-corrected chi connectivity index (χ4v) is 4.23. The minimum absolute atomic E-state index is 0.143. The number of carbonyl (C=O) groups is 1. The SMILES string of the molecule is O=C(c1ccc(C(F)(F)F)cc1)N(Cc1ccccc1)c1nc2c(Cl)cccc2s1. The molecule has 0 aliphatic rings. The first kappa shape index (κ1) is 20.4. The van der Waals surface area contributed by atoms with Crippen LogP contribution < -0.4 is 4.90 Å². The number of rotatable bonds is 4. The maximum absolute atomic E-state index is 13.3. The summed E-state index contributed by atoms with van der Waals surface area (Å²) < 4.78 is 39.4. The van der Waals surface area contributed by atoms with Gasteiger partial charge in [0.25, 0.3) is 5.91 Å². The number of thiazole rings is 1. The van der Waals surface area contributed by atoms with E-state index in [2.05, 4.69) is 4.98 Å². The first-order valence-corrected chi connectivity index (χ1v) is 10.1. The molecule has 4 rings (SSSR count). The van der Waals surface area contributed by atoms with E-state index in [0.717, 1.165) is 22.4 Å². The highest BCUT2D eigenvalue weighted by Crippen LogP contribution is 2.34. The lowest BCUT2D eigenvalue weighted by Crippen LogP contribution is -2.30. The normalized spacial score (nSPS) is 11.6. The van der Waals surface area contributed by atoms with Crippen molar-refractivity contribution in [2.24, 2.45) is 0 Å². The van der Waals surface area contributed by atoms with Gasteiger partial charge in [-0.15, -0.1) is 0 Å². The van der Waals surface area contributed by atoms with Crippen LogP contribution in [0.2, 0.25) is 5.02 Å². The van der Waals surface area contributed by atoms with Crippen molar-refractivity contribution in [1.29, 1.82) is 0 Å². The van der Waals surface area contributed by atoms with Crippen molar-refractivity contribution < 1.29 is 18.0 Å². The highest BCUT2D eigenvalue weighted by Gasteiger charge is 2.31. The van der Waals surface area contributed by atoms with Gasteiger partial charge in [0.1, 0.15) is 5.52 Å². The molecule has 152 valence electrons. The van der Waals surface area contributed by atoms with E-state index in [9.17, 15) is 18.0 Å². The summed E-state index contributed by atoms with van der Waals surface area (Å²) >= 11 is 7.52. The van der Waals surface area contributed by atoms with Gasteiger partial charge in [0, 0.05) is 5.56 Å². The zero-order chi connectivity index (χ0) is 21.3. The van der Waals surface area contributed by atoms with Gasteiger partial charge in [-0.2, -0.15) is 13.2 Å². The third-order valence-electron chi connectivity index (χ3n) is 4.48. The molecule has 3 aromatic carbocycles. The lowest BCUT2D eigenvalue weighted by Gasteiger charge is -2.20. The number of halogens is 4. The first-order chi connectivity index (χ1) is 14.3. The molecule has 0 saturated carbocycles. The number of alkyl halides is 3. The van der Waals surface area contributed by atoms with Crippen LogP contribution in [0.3, 0.4) is 0 Å². The maximum Gasteiger partial charge on any atom is 0.416 e. The summed E-state index contributed by atoms with van der Waals surface area (Å²) in [5.41, 5.74) is 0.783. The summed E-state index contributed by atoms with van der Waals surface area (Å²) in [4.78, 5) is 19.2. The molecule has 1 heterocycles. The Labute approximate surface area is 179 Å². The Balaban J connectivity index is 1.74. The van der Waals surface area contributed by atoms with Gasteiger partial charge in [0.05, 0.1) is 21.8 Å². The van der Waals surface area contributed by atoms with E-state index in [1.165, 1.54) is 28.4 Å². The molecule has 0 saturated heterocycles. The lowest BCUT2D eigenvalue weighted by molar-refractivity contribution is -0.137. The average molecular weight is 447 g/mol. The Bertz CT molecular complexity index is 1190. The topological polar surface area (TPSA) is 33.2 Å². The van der Waals surface area contributed by atoms with E-state index in [1.54, 1.807) is 12.1 Å². The summed E-state index contributed by atoms with van der Waals surface area (Å²) in [6.45, 7) is 0.220. The Morgan fingerprint density at radius 2 is 1.67 bits per heavy atom. The van der Waals surface area contributed by atoms with Crippen LogP contribution in [0, 0.1) is 0 Å². The predicted molar refractivity (Wildman–Crippen MR) is 113 cm³/mol. The van der Waals surface area contributed by atoms with Gasteiger partial charge in [-0.05, 0) is 42.0 Å². The Morgan fingerprint density at radius 1 is 0.967 bits per heavy atom. The number of benzene rings is 3. The van der Waals surface area contributed by atoms with Crippen LogP contribution in [0.25, 0.3) is 10.2 Å². The van der Waals surface area contributed by atoms with Gasteiger partial charge >= 0.3 is 6.18 Å². The molecule has 1 amide bonds. The number of aromatic nitrogens is 1. The predicted octanol–water partition coefficient (Wildman–Crippen LogP) is 6.82. The molecule has 0 radical (unpaired) electrons. The van der Waals surface area contributed by atoms with Crippen LogP contribution >= 0.6 is 22.9 Å². The number of hydrogen-bond donors (Lipinski definition) is 0. The fraction of sp³-hybridized carbons (Fsp3) is 0.0909. The Morgan fingerprint density at radius 3 is 2.30 bits per heavy atom. The van der Waals surface area contributed by atoms with E-state index in [4.69, 9.17) is 11.6 Å². The number of para-hydroxylation sites is 1. The van der Waals surface area contributed by atoms with Gasteiger partial charge in [0.15, 0.2) is 5.13 Å². The molecule has 0 N–H and O–H groups in total. The highest BCUT2D eigenvalue weighted by molar-refractivity contribution is 7.22.